The van der Waals surface area contributed by atoms with E-state index in [0.29, 0.717) is 0 Å². The van der Waals surface area contributed by atoms with Crippen LogP contribution in [0.25, 0.3) is 0 Å². The monoisotopic (exact) mass is 258 g/mol. The second kappa shape index (κ2) is 4.01. The number of hydrogen-bond acceptors (Lipinski definition) is 3. The Morgan fingerprint density at radius 1 is 1.33 bits per heavy atom. The van der Waals surface area contributed by atoms with Crippen LogP contribution >= 0.6 is 0 Å². The van der Waals surface area contributed by atoms with Gasteiger partial charge in [-0.3, -0.25) is 0 Å². The van der Waals surface area contributed by atoms with Crippen LogP contribution in [0.1, 0.15) is 5.56 Å². The van der Waals surface area contributed by atoms with Crippen LogP contribution in [0.4, 0.5) is 13.2 Å². The van der Waals surface area contributed by atoms with E-state index in [9.17, 15) is 23.1 Å². The highest BCUT2D eigenvalue weighted by atomic mass is 19.4. The Labute approximate surface area is 100 Å². The summed E-state index contributed by atoms with van der Waals surface area (Å²) in [5.74, 6) is -2.67. The second-order valence-corrected chi connectivity index (χ2v) is 3.84. The van der Waals surface area contributed by atoms with E-state index in [2.05, 4.69) is 4.99 Å². The van der Waals surface area contributed by atoms with Gasteiger partial charge < -0.3 is 10.4 Å². The molecule has 1 aliphatic heterocycles. The Balaban J connectivity index is 2.50. The predicted octanol–water partition coefficient (Wildman–Crippen LogP) is 1.53. The fourth-order valence-corrected chi connectivity index (χ4v) is 1.77. The SMILES string of the molecule is O=C(O)C1(c2ccccc2)CNC(C(F)(F)F)=N1. The molecule has 96 valence electrons. The lowest BCUT2D eigenvalue weighted by atomic mass is 9.91. The molecule has 0 amide bonds. The van der Waals surface area contributed by atoms with Gasteiger partial charge in [-0.2, -0.15) is 13.2 Å². The number of aliphatic imine (C=N–C) groups is 1. The first-order chi connectivity index (χ1) is 8.36. The highest BCUT2D eigenvalue weighted by Gasteiger charge is 2.50. The van der Waals surface area contributed by atoms with E-state index in [1.54, 1.807) is 18.2 Å². The van der Waals surface area contributed by atoms with Crippen molar-refractivity contribution in [3.05, 3.63) is 35.9 Å². The molecule has 0 saturated carbocycles. The van der Waals surface area contributed by atoms with Crippen LogP contribution in [-0.4, -0.2) is 29.6 Å². The average molecular weight is 258 g/mol. The van der Waals surface area contributed by atoms with Crippen molar-refractivity contribution >= 4 is 11.8 Å². The molecular formula is C11H9F3N2O2. The van der Waals surface area contributed by atoms with Crippen LogP contribution in [0.2, 0.25) is 0 Å². The van der Waals surface area contributed by atoms with Gasteiger partial charge in [0.2, 0.25) is 11.4 Å². The minimum Gasteiger partial charge on any atom is -0.479 e. The van der Waals surface area contributed by atoms with Gasteiger partial charge in [-0.25, -0.2) is 9.79 Å². The molecule has 0 fully saturated rings. The number of alkyl halides is 3. The van der Waals surface area contributed by atoms with E-state index in [-0.39, 0.29) is 5.56 Å². The average Bonchev–Trinajstić information content (AvgIpc) is 2.76. The molecule has 1 aromatic carbocycles. The minimum atomic E-state index is -4.67. The normalized spacial score (nSPS) is 23.4. The third kappa shape index (κ3) is 1.92. The molecule has 1 atom stereocenters. The Morgan fingerprint density at radius 2 is 1.94 bits per heavy atom. The predicted molar refractivity (Wildman–Crippen MR) is 57.2 cm³/mol. The van der Waals surface area contributed by atoms with Crippen molar-refractivity contribution in [2.45, 2.75) is 11.7 Å². The molecule has 0 bridgehead atoms. The summed E-state index contributed by atoms with van der Waals surface area (Å²) in [5.41, 5.74) is -1.70. The third-order valence-electron chi connectivity index (χ3n) is 2.69. The Hall–Kier alpha value is -2.05. The summed E-state index contributed by atoms with van der Waals surface area (Å²) in [4.78, 5) is 14.6. The van der Waals surface area contributed by atoms with Gasteiger partial charge in [0.25, 0.3) is 0 Å². The van der Waals surface area contributed by atoms with Crippen LogP contribution in [0, 0.1) is 0 Å². The van der Waals surface area contributed by atoms with Gasteiger partial charge in [0.05, 0.1) is 6.54 Å². The van der Waals surface area contributed by atoms with Crippen molar-refractivity contribution in [3.63, 3.8) is 0 Å². The number of carboxylic acids is 1. The molecule has 0 spiro atoms. The maximum atomic E-state index is 12.5. The number of carboxylic acid groups (broad SMARTS) is 1. The molecule has 0 saturated heterocycles. The molecule has 0 aromatic heterocycles. The Bertz CT molecular complexity index is 499. The van der Waals surface area contributed by atoms with Crippen LogP contribution in [0.15, 0.2) is 35.3 Å². The number of hydrogen-bond donors (Lipinski definition) is 2. The zero-order valence-corrected chi connectivity index (χ0v) is 9.03. The van der Waals surface area contributed by atoms with Gasteiger partial charge in [0.1, 0.15) is 0 Å². The quantitative estimate of drug-likeness (QED) is 0.845. The first-order valence-electron chi connectivity index (χ1n) is 5.06. The second-order valence-electron chi connectivity index (χ2n) is 3.84. The van der Waals surface area contributed by atoms with E-state index < -0.39 is 30.1 Å². The molecule has 1 aliphatic rings. The van der Waals surface area contributed by atoms with Crippen LogP contribution in [0.3, 0.4) is 0 Å². The fourth-order valence-electron chi connectivity index (χ4n) is 1.77. The van der Waals surface area contributed by atoms with Crippen molar-refractivity contribution < 1.29 is 23.1 Å². The maximum absolute atomic E-state index is 12.5. The van der Waals surface area contributed by atoms with Gasteiger partial charge in [-0.1, -0.05) is 30.3 Å². The summed E-state index contributed by atoms with van der Waals surface area (Å²) < 4.78 is 37.5. The van der Waals surface area contributed by atoms with Gasteiger partial charge >= 0.3 is 12.1 Å². The number of nitrogens with one attached hydrogen (secondary N) is 1. The lowest BCUT2D eigenvalue weighted by molar-refractivity contribution is -0.143. The summed E-state index contributed by atoms with van der Waals surface area (Å²) >= 11 is 0. The smallest absolute Gasteiger partial charge is 0.448 e. The van der Waals surface area contributed by atoms with Gasteiger partial charge in [-0.05, 0) is 5.56 Å². The molecule has 2 N–H and O–H groups in total. The fraction of sp³-hybridized carbons (Fsp3) is 0.273. The number of benzene rings is 1. The maximum Gasteiger partial charge on any atom is 0.448 e. The highest BCUT2D eigenvalue weighted by molar-refractivity contribution is 5.95. The number of aliphatic carboxylic acids is 1. The third-order valence-corrected chi connectivity index (χ3v) is 2.69. The van der Waals surface area contributed by atoms with Crippen molar-refractivity contribution in [2.24, 2.45) is 4.99 Å². The largest absolute Gasteiger partial charge is 0.479 e. The number of halogens is 3. The number of rotatable bonds is 2. The molecule has 1 heterocycles. The highest BCUT2D eigenvalue weighted by Crippen LogP contribution is 2.32. The molecule has 4 nitrogen and oxygen atoms in total. The zero-order valence-electron chi connectivity index (χ0n) is 9.03. The van der Waals surface area contributed by atoms with Crippen LogP contribution in [-0.2, 0) is 10.3 Å². The van der Waals surface area contributed by atoms with Crippen molar-refractivity contribution in [1.29, 1.82) is 0 Å². The molecular weight excluding hydrogens is 249 g/mol. The van der Waals surface area contributed by atoms with E-state index in [1.165, 1.54) is 12.1 Å². The standard InChI is InChI=1S/C11H9F3N2O2/c12-11(13,14)8-15-6-10(16-8,9(17)18)7-4-2-1-3-5-7/h1-5H,6H2,(H,15,16)(H,17,18). The van der Waals surface area contributed by atoms with Gasteiger partial charge in [-0.15, -0.1) is 0 Å². The lowest BCUT2D eigenvalue weighted by Crippen LogP contribution is -2.39. The molecule has 18 heavy (non-hydrogen) atoms. The summed E-state index contributed by atoms with van der Waals surface area (Å²) in [6.07, 6.45) is -4.67. The van der Waals surface area contributed by atoms with E-state index in [0.717, 1.165) is 0 Å². The number of carbonyl (C=O) groups is 1. The Kier molecular flexibility index (Phi) is 2.76. The van der Waals surface area contributed by atoms with Gasteiger partial charge in [0, 0.05) is 0 Å². The lowest BCUT2D eigenvalue weighted by Gasteiger charge is -2.20. The first-order valence-corrected chi connectivity index (χ1v) is 5.06. The molecule has 2 rings (SSSR count). The summed E-state index contributed by atoms with van der Waals surface area (Å²) in [6.45, 7) is -0.415. The van der Waals surface area contributed by atoms with Gasteiger partial charge in [0.15, 0.2) is 0 Å². The zero-order chi connectivity index (χ0) is 13.4. The van der Waals surface area contributed by atoms with E-state index in [4.69, 9.17) is 0 Å². The molecule has 0 radical (unpaired) electrons. The molecule has 7 heteroatoms. The minimum absolute atomic E-state index is 0.212. The van der Waals surface area contributed by atoms with Crippen LogP contribution < -0.4 is 5.32 Å². The molecule has 1 aromatic rings. The summed E-state index contributed by atoms with van der Waals surface area (Å²) in [7, 11) is 0. The molecule has 1 unspecified atom stereocenters. The summed E-state index contributed by atoms with van der Waals surface area (Å²) in [6, 6.07) is 7.65. The topological polar surface area (TPSA) is 61.7 Å². The number of amidine groups is 1. The number of nitrogens with zero attached hydrogens (tertiary/aromatic N) is 1. The molecule has 0 aliphatic carbocycles. The van der Waals surface area contributed by atoms with Crippen molar-refractivity contribution in [1.82, 2.24) is 5.32 Å². The van der Waals surface area contributed by atoms with Crippen LogP contribution in [0.5, 0.6) is 0 Å². The van der Waals surface area contributed by atoms with E-state index >= 15 is 0 Å². The van der Waals surface area contributed by atoms with Crippen molar-refractivity contribution in [2.75, 3.05) is 6.54 Å². The van der Waals surface area contributed by atoms with E-state index in [1.807, 2.05) is 5.32 Å². The summed E-state index contributed by atoms with van der Waals surface area (Å²) in [5, 5.41) is 11.2. The first kappa shape index (κ1) is 12.4. The Morgan fingerprint density at radius 3 is 2.39 bits per heavy atom. The van der Waals surface area contributed by atoms with Crippen molar-refractivity contribution in [3.8, 4) is 0 Å².